The molecule has 1 saturated heterocycles. The minimum Gasteiger partial charge on any atom is -0.368 e. The number of carbonyl (C=O) groups excluding carboxylic acids is 1. The SMILES string of the molecule is CC(=O)c1ccc(N2CCN(c3ccc(-c4nc(-c5cccc(C)c5)no4)cn3)CC2)cc1. The van der Waals surface area contributed by atoms with Gasteiger partial charge in [-0.2, -0.15) is 4.98 Å². The van der Waals surface area contributed by atoms with Gasteiger partial charge in [-0.3, -0.25) is 4.79 Å². The summed E-state index contributed by atoms with van der Waals surface area (Å²) in [6, 6.07) is 19.8. The molecule has 0 spiro atoms. The molecule has 1 fully saturated rings. The largest absolute Gasteiger partial charge is 0.368 e. The quantitative estimate of drug-likeness (QED) is 0.420. The van der Waals surface area contributed by atoms with Crippen LogP contribution in [0.25, 0.3) is 22.8 Å². The molecule has 0 aliphatic carbocycles. The highest BCUT2D eigenvalue weighted by atomic mass is 16.5. The first-order valence-corrected chi connectivity index (χ1v) is 11.0. The van der Waals surface area contributed by atoms with E-state index < -0.39 is 0 Å². The molecule has 0 saturated carbocycles. The highest BCUT2D eigenvalue weighted by Gasteiger charge is 2.19. The topological polar surface area (TPSA) is 75.4 Å². The van der Waals surface area contributed by atoms with Crippen LogP contribution in [0.4, 0.5) is 11.5 Å². The maximum Gasteiger partial charge on any atom is 0.259 e. The molecule has 1 aliphatic heterocycles. The summed E-state index contributed by atoms with van der Waals surface area (Å²) in [5.74, 6) is 2.06. The van der Waals surface area contributed by atoms with Crippen molar-refractivity contribution in [2.45, 2.75) is 13.8 Å². The molecule has 7 heteroatoms. The number of Topliss-reactive ketones (excluding diaryl/α,β-unsaturated/α-hetero) is 1. The third kappa shape index (κ3) is 4.48. The molecule has 5 rings (SSSR count). The highest BCUT2D eigenvalue weighted by Crippen LogP contribution is 2.25. The number of hydrogen-bond acceptors (Lipinski definition) is 7. The first-order chi connectivity index (χ1) is 16.1. The normalized spacial score (nSPS) is 13.9. The second-order valence-corrected chi connectivity index (χ2v) is 8.27. The van der Waals surface area contributed by atoms with Crippen molar-refractivity contribution in [1.82, 2.24) is 15.1 Å². The van der Waals surface area contributed by atoms with Crippen LogP contribution in [0.5, 0.6) is 0 Å². The summed E-state index contributed by atoms with van der Waals surface area (Å²) in [5.41, 5.74) is 4.77. The predicted molar refractivity (Wildman–Crippen MR) is 129 cm³/mol. The van der Waals surface area contributed by atoms with E-state index in [1.54, 1.807) is 13.1 Å². The van der Waals surface area contributed by atoms with Crippen LogP contribution >= 0.6 is 0 Å². The first-order valence-electron chi connectivity index (χ1n) is 11.0. The smallest absolute Gasteiger partial charge is 0.259 e. The molecule has 0 bridgehead atoms. The van der Waals surface area contributed by atoms with E-state index >= 15 is 0 Å². The van der Waals surface area contributed by atoms with Crippen LogP contribution < -0.4 is 9.80 Å². The number of pyridine rings is 1. The molecule has 33 heavy (non-hydrogen) atoms. The van der Waals surface area contributed by atoms with Gasteiger partial charge in [-0.05, 0) is 56.3 Å². The minimum absolute atomic E-state index is 0.0906. The van der Waals surface area contributed by atoms with Gasteiger partial charge in [0.1, 0.15) is 5.82 Å². The average molecular weight is 440 g/mol. The lowest BCUT2D eigenvalue weighted by atomic mass is 10.1. The fourth-order valence-electron chi connectivity index (χ4n) is 4.04. The molecule has 7 nitrogen and oxygen atoms in total. The summed E-state index contributed by atoms with van der Waals surface area (Å²) in [5, 5.41) is 4.12. The molecular weight excluding hydrogens is 414 g/mol. The Balaban J connectivity index is 1.23. The zero-order valence-corrected chi connectivity index (χ0v) is 18.7. The Morgan fingerprint density at radius 1 is 0.909 bits per heavy atom. The van der Waals surface area contributed by atoms with E-state index in [9.17, 15) is 4.79 Å². The first kappa shape index (κ1) is 20.9. The van der Waals surface area contributed by atoms with Gasteiger partial charge in [0.2, 0.25) is 5.82 Å². The third-order valence-corrected chi connectivity index (χ3v) is 5.94. The van der Waals surface area contributed by atoms with Gasteiger partial charge >= 0.3 is 0 Å². The van der Waals surface area contributed by atoms with Crippen LogP contribution in [0.15, 0.2) is 71.4 Å². The van der Waals surface area contributed by atoms with Gasteiger partial charge < -0.3 is 14.3 Å². The fourth-order valence-corrected chi connectivity index (χ4v) is 4.04. The minimum atomic E-state index is 0.0906. The van der Waals surface area contributed by atoms with E-state index in [0.29, 0.717) is 11.7 Å². The van der Waals surface area contributed by atoms with Crippen LogP contribution in [0.3, 0.4) is 0 Å². The number of aryl methyl sites for hydroxylation is 1. The van der Waals surface area contributed by atoms with Crippen LogP contribution in [0.1, 0.15) is 22.8 Å². The number of piperazine rings is 1. The Labute approximate surface area is 192 Å². The second-order valence-electron chi connectivity index (χ2n) is 8.27. The van der Waals surface area contributed by atoms with E-state index in [-0.39, 0.29) is 5.78 Å². The van der Waals surface area contributed by atoms with Crippen LogP contribution in [-0.2, 0) is 0 Å². The van der Waals surface area contributed by atoms with Crippen LogP contribution in [-0.4, -0.2) is 47.1 Å². The zero-order valence-electron chi connectivity index (χ0n) is 18.7. The van der Waals surface area contributed by atoms with Crippen LogP contribution in [0.2, 0.25) is 0 Å². The third-order valence-electron chi connectivity index (χ3n) is 5.94. The molecule has 2 aromatic heterocycles. The standard InChI is InChI=1S/C26H25N5O2/c1-18-4-3-5-21(16-18)25-28-26(33-29-25)22-8-11-24(27-17-22)31-14-12-30(13-15-31)23-9-6-20(7-10-23)19(2)32/h3-11,16-17H,12-15H2,1-2H3. The number of anilines is 2. The molecule has 166 valence electrons. The molecule has 3 heterocycles. The summed E-state index contributed by atoms with van der Waals surface area (Å²) in [7, 11) is 0. The van der Waals surface area contributed by atoms with E-state index in [1.807, 2.05) is 67.6 Å². The van der Waals surface area contributed by atoms with Gasteiger partial charge in [0.25, 0.3) is 5.89 Å². The Bertz CT molecular complexity index is 1260. The molecular formula is C26H25N5O2. The van der Waals surface area contributed by atoms with Gasteiger partial charge in [0.05, 0.1) is 5.56 Å². The molecule has 0 radical (unpaired) electrons. The average Bonchev–Trinajstić information content (AvgIpc) is 3.35. The number of carbonyl (C=O) groups is 1. The van der Waals surface area contributed by atoms with Crippen molar-refractivity contribution in [3.05, 3.63) is 78.0 Å². The summed E-state index contributed by atoms with van der Waals surface area (Å²) in [4.78, 5) is 25.3. The highest BCUT2D eigenvalue weighted by molar-refractivity contribution is 5.94. The molecule has 0 amide bonds. The van der Waals surface area contributed by atoms with Gasteiger partial charge in [-0.25, -0.2) is 4.98 Å². The maximum absolute atomic E-state index is 11.5. The van der Waals surface area contributed by atoms with Crippen molar-refractivity contribution in [3.63, 3.8) is 0 Å². The van der Waals surface area contributed by atoms with Crippen molar-refractivity contribution in [1.29, 1.82) is 0 Å². The van der Waals surface area contributed by atoms with Gasteiger partial charge in [-0.15, -0.1) is 0 Å². The summed E-state index contributed by atoms with van der Waals surface area (Å²) in [6.45, 7) is 7.17. The van der Waals surface area contributed by atoms with Crippen molar-refractivity contribution in [3.8, 4) is 22.8 Å². The molecule has 0 atom stereocenters. The number of benzene rings is 2. The van der Waals surface area contributed by atoms with Crippen molar-refractivity contribution >= 4 is 17.3 Å². The van der Waals surface area contributed by atoms with Gasteiger partial charge in [0.15, 0.2) is 5.78 Å². The zero-order chi connectivity index (χ0) is 22.8. The maximum atomic E-state index is 11.5. The Kier molecular flexibility index (Phi) is 5.60. The van der Waals surface area contributed by atoms with Crippen molar-refractivity contribution in [2.75, 3.05) is 36.0 Å². The van der Waals surface area contributed by atoms with Gasteiger partial charge in [0, 0.05) is 49.2 Å². The Hall–Kier alpha value is -4.00. The van der Waals surface area contributed by atoms with E-state index in [1.165, 1.54) is 0 Å². The van der Waals surface area contributed by atoms with Crippen LogP contribution in [0, 0.1) is 6.92 Å². The van der Waals surface area contributed by atoms with E-state index in [4.69, 9.17) is 4.52 Å². The predicted octanol–water partition coefficient (Wildman–Crippen LogP) is 4.64. The Morgan fingerprint density at radius 3 is 2.33 bits per heavy atom. The molecule has 1 aliphatic rings. The monoisotopic (exact) mass is 439 g/mol. The van der Waals surface area contributed by atoms with E-state index in [2.05, 4.69) is 24.9 Å². The molecule has 4 aromatic rings. The number of aromatic nitrogens is 3. The lowest BCUT2D eigenvalue weighted by molar-refractivity contribution is 0.101. The summed E-state index contributed by atoms with van der Waals surface area (Å²) in [6.07, 6.45) is 1.79. The second kappa shape index (κ2) is 8.86. The van der Waals surface area contributed by atoms with Crippen molar-refractivity contribution < 1.29 is 9.32 Å². The number of rotatable bonds is 5. The molecule has 2 aromatic carbocycles. The molecule has 0 unspecified atom stereocenters. The number of ketones is 1. The fraction of sp³-hybridized carbons (Fsp3) is 0.231. The molecule has 0 N–H and O–H groups in total. The lowest BCUT2D eigenvalue weighted by Crippen LogP contribution is -2.46. The number of hydrogen-bond donors (Lipinski definition) is 0. The number of nitrogens with zero attached hydrogens (tertiary/aromatic N) is 5. The van der Waals surface area contributed by atoms with Gasteiger partial charge in [-0.1, -0.05) is 28.9 Å². The Morgan fingerprint density at radius 2 is 1.67 bits per heavy atom. The summed E-state index contributed by atoms with van der Waals surface area (Å²) >= 11 is 0. The lowest BCUT2D eigenvalue weighted by Gasteiger charge is -2.36. The van der Waals surface area contributed by atoms with E-state index in [0.717, 1.165) is 59.9 Å². The summed E-state index contributed by atoms with van der Waals surface area (Å²) < 4.78 is 5.47. The van der Waals surface area contributed by atoms with Crippen molar-refractivity contribution in [2.24, 2.45) is 0 Å².